The molecule has 1 aromatic heterocycles. The number of carbonyl (C=O) groups is 1. The summed E-state index contributed by atoms with van der Waals surface area (Å²) < 4.78 is 27.0. The quantitative estimate of drug-likeness (QED) is 0.250. The van der Waals surface area contributed by atoms with Crippen LogP contribution in [0.15, 0.2) is 22.6 Å². The molecule has 1 aromatic carbocycles. The van der Waals surface area contributed by atoms with Gasteiger partial charge in [0.15, 0.2) is 11.5 Å². The Morgan fingerprint density at radius 2 is 1.88 bits per heavy atom. The van der Waals surface area contributed by atoms with E-state index in [1.165, 1.54) is 0 Å². The van der Waals surface area contributed by atoms with Crippen LogP contribution in [0.3, 0.4) is 0 Å². The molecule has 33 heavy (non-hydrogen) atoms. The Morgan fingerprint density at radius 3 is 2.48 bits per heavy atom. The van der Waals surface area contributed by atoms with E-state index < -0.39 is 25.1 Å². The second kappa shape index (κ2) is 11.9. The first-order valence-electron chi connectivity index (χ1n) is 10.9. The number of phosphoric ester groups is 1. The molecule has 188 valence electrons. The topological polar surface area (TPSA) is 166 Å². The summed E-state index contributed by atoms with van der Waals surface area (Å²) in [5.74, 6) is 0.720. The van der Waals surface area contributed by atoms with Crippen molar-refractivity contribution in [3.05, 3.63) is 29.7 Å². The maximum atomic E-state index is 12.3. The molecule has 0 aliphatic heterocycles. The van der Waals surface area contributed by atoms with Crippen molar-refractivity contribution in [1.29, 1.82) is 0 Å². The van der Waals surface area contributed by atoms with Gasteiger partial charge < -0.3 is 30.4 Å². The lowest BCUT2D eigenvalue weighted by molar-refractivity contribution is 0.0399. The second-order valence-electron chi connectivity index (χ2n) is 9.32. The van der Waals surface area contributed by atoms with Crippen molar-refractivity contribution < 1.29 is 32.8 Å². The molecule has 10 nitrogen and oxygen atoms in total. The number of alkyl carbamates (subject to hydrolysis) is 1. The summed E-state index contributed by atoms with van der Waals surface area (Å²) in [6.45, 7) is 8.64. The van der Waals surface area contributed by atoms with Gasteiger partial charge in [-0.1, -0.05) is 25.8 Å². The lowest BCUT2D eigenvalue weighted by atomic mass is 9.94. The molecule has 0 radical (unpaired) electrons. The Kier molecular flexibility index (Phi) is 10.5. The summed E-state index contributed by atoms with van der Waals surface area (Å²) in [6.07, 6.45) is 4.29. The van der Waals surface area contributed by atoms with Gasteiger partial charge in [-0.3, -0.25) is 4.52 Å². The van der Waals surface area contributed by atoms with Crippen LogP contribution in [0.1, 0.15) is 71.8 Å². The number of benzene rings is 1. The number of carbonyl (C=O) groups excluding carboxylic acids is 1. The highest BCUT2D eigenvalue weighted by Gasteiger charge is 2.32. The molecule has 0 aliphatic rings. The fourth-order valence-electron chi connectivity index (χ4n) is 3.18. The Bertz CT molecular complexity index is 951. The minimum absolute atomic E-state index is 0. The number of rotatable bonds is 11. The van der Waals surface area contributed by atoms with E-state index >= 15 is 0 Å². The maximum absolute atomic E-state index is 12.3. The number of hydrogen-bond donors (Lipinski definition) is 4. The van der Waals surface area contributed by atoms with Gasteiger partial charge in [0.2, 0.25) is 0 Å². The molecular formula is C22H38N3O7P. The van der Waals surface area contributed by atoms with Crippen molar-refractivity contribution in [2.75, 3.05) is 6.61 Å². The molecule has 2 rings (SSSR count). The summed E-state index contributed by atoms with van der Waals surface area (Å²) in [6, 6.07) is 5.72. The van der Waals surface area contributed by atoms with Gasteiger partial charge in [0.05, 0.1) is 12.1 Å². The molecule has 2 aromatic rings. The first-order chi connectivity index (χ1) is 14.8. The fraction of sp³-hybridized carbons (Fsp3) is 0.636. The zero-order chi connectivity index (χ0) is 24.0. The standard InChI is InChI=1S/C22H35N2O7P.H3N/c1-6-7-8-9-19-23-17-14-16(10-11-18(17)30-19)12-13-22(5,15-29-32(26,27)28)24-20(25)31-21(2,3)4;/h10-11,14H,6-9,12-13,15H2,1-5H3,(H,24,25)(H2,26,27,28);1H3/t22-;/m1./s1. The van der Waals surface area contributed by atoms with E-state index in [1.54, 1.807) is 27.7 Å². The van der Waals surface area contributed by atoms with E-state index in [0.29, 0.717) is 12.8 Å². The summed E-state index contributed by atoms with van der Waals surface area (Å²) in [5.41, 5.74) is 0.677. The van der Waals surface area contributed by atoms with Gasteiger partial charge in [0.1, 0.15) is 11.1 Å². The SMILES string of the molecule is CCCCCc1nc2cc(CC[C@](C)(COP(=O)(O)O)NC(=O)OC(C)(C)C)ccc2o1.N. The smallest absolute Gasteiger partial charge is 0.444 e. The third-order valence-corrected chi connectivity index (χ3v) is 5.28. The number of aromatic nitrogens is 1. The number of aryl methyl sites for hydroxylation is 2. The molecule has 0 fully saturated rings. The highest BCUT2D eigenvalue weighted by atomic mass is 31.2. The lowest BCUT2D eigenvalue weighted by Crippen LogP contribution is -2.51. The van der Waals surface area contributed by atoms with Gasteiger partial charge >= 0.3 is 13.9 Å². The molecule has 0 aliphatic carbocycles. The maximum Gasteiger partial charge on any atom is 0.469 e. The van der Waals surface area contributed by atoms with Gasteiger partial charge in [-0.15, -0.1) is 0 Å². The van der Waals surface area contributed by atoms with E-state index in [4.69, 9.17) is 23.5 Å². The van der Waals surface area contributed by atoms with E-state index in [1.807, 2.05) is 18.2 Å². The number of ether oxygens (including phenoxy) is 1. The number of unbranched alkanes of at least 4 members (excludes halogenated alkanes) is 2. The van der Waals surface area contributed by atoms with Crippen LogP contribution >= 0.6 is 7.82 Å². The van der Waals surface area contributed by atoms with Crippen molar-refractivity contribution in [2.45, 2.75) is 84.3 Å². The Hall–Kier alpha value is -1.97. The van der Waals surface area contributed by atoms with E-state index in [-0.39, 0.29) is 12.8 Å². The number of oxazole rings is 1. The van der Waals surface area contributed by atoms with Crippen LogP contribution in [0.5, 0.6) is 0 Å². The van der Waals surface area contributed by atoms with E-state index in [9.17, 15) is 9.36 Å². The van der Waals surface area contributed by atoms with Crippen LogP contribution in [0.2, 0.25) is 0 Å². The predicted octanol–water partition coefficient (Wildman–Crippen LogP) is 5.05. The predicted molar refractivity (Wildman–Crippen MR) is 126 cm³/mol. The molecule has 11 heteroatoms. The van der Waals surface area contributed by atoms with Crippen LogP contribution in [0.4, 0.5) is 4.79 Å². The zero-order valence-corrected chi connectivity index (χ0v) is 21.1. The molecule has 6 N–H and O–H groups in total. The highest BCUT2D eigenvalue weighted by molar-refractivity contribution is 7.46. The average molecular weight is 488 g/mol. The van der Waals surface area contributed by atoms with Gasteiger partial charge in [0, 0.05) is 6.42 Å². The number of nitrogens with zero attached hydrogens (tertiary/aromatic N) is 1. The van der Waals surface area contributed by atoms with Gasteiger partial charge in [-0.2, -0.15) is 0 Å². The van der Waals surface area contributed by atoms with Crippen LogP contribution < -0.4 is 11.5 Å². The fourth-order valence-corrected chi connectivity index (χ4v) is 3.63. The molecule has 0 unspecified atom stereocenters. The third-order valence-electron chi connectivity index (χ3n) is 4.81. The molecule has 1 amide bonds. The molecule has 0 bridgehead atoms. The van der Waals surface area contributed by atoms with Crippen molar-refractivity contribution in [1.82, 2.24) is 16.5 Å². The molecule has 0 saturated carbocycles. The minimum atomic E-state index is -4.70. The number of hydrogen-bond acceptors (Lipinski definition) is 7. The monoisotopic (exact) mass is 487 g/mol. The Labute approximate surface area is 195 Å². The normalized spacial score (nSPS) is 13.9. The van der Waals surface area contributed by atoms with E-state index in [2.05, 4.69) is 17.2 Å². The van der Waals surface area contributed by atoms with Gasteiger partial charge in [0.25, 0.3) is 0 Å². The Morgan fingerprint density at radius 1 is 1.18 bits per heavy atom. The number of amides is 1. The summed E-state index contributed by atoms with van der Waals surface area (Å²) in [7, 11) is -4.70. The van der Waals surface area contributed by atoms with Crippen LogP contribution in [-0.4, -0.2) is 38.6 Å². The largest absolute Gasteiger partial charge is 0.469 e. The van der Waals surface area contributed by atoms with Crippen molar-refractivity contribution in [3.8, 4) is 0 Å². The van der Waals surface area contributed by atoms with Crippen LogP contribution in [-0.2, 0) is 26.7 Å². The molecule has 0 saturated heterocycles. The summed E-state index contributed by atoms with van der Waals surface area (Å²) in [5, 5.41) is 2.70. The van der Waals surface area contributed by atoms with E-state index in [0.717, 1.165) is 48.2 Å². The molecule has 1 heterocycles. The first kappa shape index (κ1) is 29.1. The average Bonchev–Trinajstić information content (AvgIpc) is 3.05. The van der Waals surface area contributed by atoms with Gasteiger partial charge in [-0.05, 0) is 64.7 Å². The summed E-state index contributed by atoms with van der Waals surface area (Å²) >= 11 is 0. The number of fused-ring (bicyclic) bond motifs is 1. The summed E-state index contributed by atoms with van der Waals surface area (Å²) in [4.78, 5) is 35.1. The third kappa shape index (κ3) is 10.7. The van der Waals surface area contributed by atoms with Gasteiger partial charge in [-0.25, -0.2) is 14.3 Å². The first-order valence-corrected chi connectivity index (χ1v) is 12.4. The zero-order valence-electron chi connectivity index (χ0n) is 20.2. The lowest BCUT2D eigenvalue weighted by Gasteiger charge is -2.32. The highest BCUT2D eigenvalue weighted by Crippen LogP contribution is 2.37. The minimum Gasteiger partial charge on any atom is -0.444 e. The van der Waals surface area contributed by atoms with Crippen molar-refractivity contribution in [2.24, 2.45) is 0 Å². The van der Waals surface area contributed by atoms with Crippen molar-refractivity contribution >= 4 is 25.0 Å². The molecule has 0 spiro atoms. The van der Waals surface area contributed by atoms with Crippen LogP contribution in [0, 0.1) is 0 Å². The molecule has 1 atom stereocenters. The molecular weight excluding hydrogens is 449 g/mol. The van der Waals surface area contributed by atoms with Crippen molar-refractivity contribution in [3.63, 3.8) is 0 Å². The number of phosphoric acid groups is 1. The second-order valence-corrected chi connectivity index (χ2v) is 10.6. The van der Waals surface area contributed by atoms with Crippen LogP contribution in [0.25, 0.3) is 11.1 Å². The Balaban J connectivity index is 0.00000544. The number of nitrogens with one attached hydrogen (secondary N) is 1.